The summed E-state index contributed by atoms with van der Waals surface area (Å²) in [7, 11) is 0. The zero-order valence-corrected chi connectivity index (χ0v) is 8.97. The SMILES string of the molecule is CC(CC(=O)O)NC(=O)C1CCSC1. The molecular weight excluding hydrogens is 202 g/mol. The molecule has 1 rings (SSSR count). The maximum Gasteiger partial charge on any atom is 0.305 e. The van der Waals surface area contributed by atoms with Crippen molar-refractivity contribution in [1.82, 2.24) is 5.32 Å². The predicted octanol–water partition coefficient (Wildman–Crippen LogP) is 0.719. The van der Waals surface area contributed by atoms with Gasteiger partial charge >= 0.3 is 5.97 Å². The molecule has 0 bridgehead atoms. The highest BCUT2D eigenvalue weighted by molar-refractivity contribution is 7.99. The molecule has 80 valence electrons. The van der Waals surface area contributed by atoms with Crippen molar-refractivity contribution in [2.75, 3.05) is 11.5 Å². The van der Waals surface area contributed by atoms with Gasteiger partial charge in [0.1, 0.15) is 0 Å². The zero-order chi connectivity index (χ0) is 10.6. The Bertz CT molecular complexity index is 226. The molecule has 1 aliphatic heterocycles. The van der Waals surface area contributed by atoms with Crippen LogP contribution in [0.25, 0.3) is 0 Å². The van der Waals surface area contributed by atoms with Crippen LogP contribution in [0.1, 0.15) is 19.8 Å². The Hall–Kier alpha value is -0.710. The zero-order valence-electron chi connectivity index (χ0n) is 8.16. The lowest BCUT2D eigenvalue weighted by molar-refractivity contribution is -0.137. The molecule has 2 unspecified atom stereocenters. The molecule has 0 aromatic carbocycles. The summed E-state index contributed by atoms with van der Waals surface area (Å²) in [6.45, 7) is 1.72. The molecular formula is C9H15NO3S. The minimum absolute atomic E-state index is 0.00347. The fourth-order valence-electron chi connectivity index (χ4n) is 1.41. The third kappa shape index (κ3) is 3.57. The van der Waals surface area contributed by atoms with Gasteiger partial charge in [-0.2, -0.15) is 11.8 Å². The first-order valence-corrected chi connectivity index (χ1v) is 5.85. The molecule has 0 saturated carbocycles. The highest BCUT2D eigenvalue weighted by Crippen LogP contribution is 2.23. The third-order valence-electron chi connectivity index (χ3n) is 2.17. The maximum absolute atomic E-state index is 11.5. The van der Waals surface area contributed by atoms with E-state index in [1.807, 2.05) is 0 Å². The molecule has 2 atom stereocenters. The number of carbonyl (C=O) groups is 2. The molecule has 1 heterocycles. The lowest BCUT2D eigenvalue weighted by Crippen LogP contribution is -2.38. The number of hydrogen-bond donors (Lipinski definition) is 2. The first kappa shape index (κ1) is 11.4. The summed E-state index contributed by atoms with van der Waals surface area (Å²) in [5, 5.41) is 11.2. The third-order valence-corrected chi connectivity index (χ3v) is 3.33. The van der Waals surface area contributed by atoms with Crippen LogP contribution in [0.4, 0.5) is 0 Å². The Morgan fingerprint density at radius 3 is 2.86 bits per heavy atom. The van der Waals surface area contributed by atoms with Gasteiger partial charge in [0, 0.05) is 17.7 Å². The summed E-state index contributed by atoms with van der Waals surface area (Å²) in [5.74, 6) is 1.11. The molecule has 0 aliphatic carbocycles. The van der Waals surface area contributed by atoms with Gasteiger partial charge in [-0.05, 0) is 19.1 Å². The van der Waals surface area contributed by atoms with E-state index in [2.05, 4.69) is 5.32 Å². The topological polar surface area (TPSA) is 66.4 Å². The Morgan fingerprint density at radius 1 is 1.64 bits per heavy atom. The van der Waals surface area contributed by atoms with E-state index in [-0.39, 0.29) is 24.3 Å². The molecule has 5 heteroatoms. The van der Waals surface area contributed by atoms with Crippen LogP contribution in [0.3, 0.4) is 0 Å². The van der Waals surface area contributed by atoms with E-state index >= 15 is 0 Å². The van der Waals surface area contributed by atoms with Crippen LogP contribution in [0.2, 0.25) is 0 Å². The van der Waals surface area contributed by atoms with Gasteiger partial charge in [-0.3, -0.25) is 9.59 Å². The number of carboxylic acids is 1. The highest BCUT2D eigenvalue weighted by Gasteiger charge is 2.24. The van der Waals surface area contributed by atoms with Gasteiger partial charge in [0.05, 0.1) is 6.42 Å². The molecule has 0 spiro atoms. The fourth-order valence-corrected chi connectivity index (χ4v) is 2.64. The summed E-state index contributed by atoms with van der Waals surface area (Å²) in [5.41, 5.74) is 0. The van der Waals surface area contributed by atoms with Crippen LogP contribution in [0, 0.1) is 5.92 Å². The van der Waals surface area contributed by atoms with Crippen molar-refractivity contribution in [3.63, 3.8) is 0 Å². The van der Waals surface area contributed by atoms with Crippen LogP contribution in [-0.2, 0) is 9.59 Å². The number of amides is 1. The first-order valence-electron chi connectivity index (χ1n) is 4.69. The number of nitrogens with one attached hydrogen (secondary N) is 1. The smallest absolute Gasteiger partial charge is 0.305 e. The number of hydrogen-bond acceptors (Lipinski definition) is 3. The first-order chi connectivity index (χ1) is 6.59. The van der Waals surface area contributed by atoms with E-state index < -0.39 is 5.97 Å². The van der Waals surface area contributed by atoms with E-state index in [1.54, 1.807) is 18.7 Å². The lowest BCUT2D eigenvalue weighted by atomic mass is 10.1. The van der Waals surface area contributed by atoms with E-state index in [4.69, 9.17) is 5.11 Å². The van der Waals surface area contributed by atoms with Crippen molar-refractivity contribution in [3.8, 4) is 0 Å². The summed E-state index contributed by atoms with van der Waals surface area (Å²) in [4.78, 5) is 21.9. The molecule has 1 fully saturated rings. The molecule has 2 N–H and O–H groups in total. The van der Waals surface area contributed by atoms with Gasteiger partial charge in [0.2, 0.25) is 5.91 Å². The monoisotopic (exact) mass is 217 g/mol. The number of rotatable bonds is 4. The van der Waals surface area contributed by atoms with Crippen molar-refractivity contribution in [1.29, 1.82) is 0 Å². The average Bonchev–Trinajstić information content (AvgIpc) is 2.53. The molecule has 1 aliphatic rings. The standard InChI is InChI=1S/C9H15NO3S/c1-6(4-8(11)12)10-9(13)7-2-3-14-5-7/h6-7H,2-5H2,1H3,(H,10,13)(H,11,12). The van der Waals surface area contributed by atoms with Gasteiger partial charge in [-0.1, -0.05) is 0 Å². The van der Waals surface area contributed by atoms with Crippen LogP contribution < -0.4 is 5.32 Å². The molecule has 4 nitrogen and oxygen atoms in total. The Kier molecular flexibility index (Phi) is 4.25. The molecule has 1 saturated heterocycles. The average molecular weight is 217 g/mol. The van der Waals surface area contributed by atoms with Gasteiger partial charge in [0.15, 0.2) is 0 Å². The second-order valence-corrected chi connectivity index (χ2v) is 4.72. The summed E-state index contributed by atoms with van der Waals surface area (Å²) in [6, 6.07) is -0.273. The lowest BCUT2D eigenvalue weighted by Gasteiger charge is -2.14. The summed E-state index contributed by atoms with van der Waals surface area (Å²) >= 11 is 1.77. The van der Waals surface area contributed by atoms with Gasteiger partial charge in [-0.25, -0.2) is 0 Å². The molecule has 14 heavy (non-hydrogen) atoms. The van der Waals surface area contributed by atoms with Crippen molar-refractivity contribution < 1.29 is 14.7 Å². The summed E-state index contributed by atoms with van der Waals surface area (Å²) in [6.07, 6.45) is 0.905. The van der Waals surface area contributed by atoms with Crippen molar-refractivity contribution in [2.45, 2.75) is 25.8 Å². The molecule has 0 radical (unpaired) electrons. The fraction of sp³-hybridized carbons (Fsp3) is 0.778. The van der Waals surface area contributed by atoms with Gasteiger partial charge in [-0.15, -0.1) is 0 Å². The molecule has 0 aromatic rings. The quantitative estimate of drug-likeness (QED) is 0.728. The van der Waals surface area contributed by atoms with Gasteiger partial charge < -0.3 is 10.4 Å². The number of carboxylic acid groups (broad SMARTS) is 1. The minimum Gasteiger partial charge on any atom is -0.481 e. The van der Waals surface area contributed by atoms with Gasteiger partial charge in [0.25, 0.3) is 0 Å². The van der Waals surface area contributed by atoms with Crippen LogP contribution in [-0.4, -0.2) is 34.5 Å². The van der Waals surface area contributed by atoms with Crippen molar-refractivity contribution >= 4 is 23.6 Å². The number of aliphatic carboxylic acids is 1. The molecule has 1 amide bonds. The minimum atomic E-state index is -0.876. The maximum atomic E-state index is 11.5. The van der Waals surface area contributed by atoms with Crippen LogP contribution in [0.5, 0.6) is 0 Å². The van der Waals surface area contributed by atoms with E-state index in [1.165, 1.54) is 0 Å². The normalized spacial score (nSPS) is 23.1. The van der Waals surface area contributed by atoms with E-state index in [9.17, 15) is 9.59 Å². The second-order valence-electron chi connectivity index (χ2n) is 3.57. The van der Waals surface area contributed by atoms with Crippen LogP contribution >= 0.6 is 11.8 Å². The Morgan fingerprint density at radius 2 is 2.36 bits per heavy atom. The van der Waals surface area contributed by atoms with Crippen molar-refractivity contribution in [3.05, 3.63) is 0 Å². The molecule has 0 aromatic heterocycles. The van der Waals surface area contributed by atoms with E-state index in [0.717, 1.165) is 17.9 Å². The highest BCUT2D eigenvalue weighted by atomic mass is 32.2. The van der Waals surface area contributed by atoms with Crippen molar-refractivity contribution in [2.24, 2.45) is 5.92 Å². The van der Waals surface area contributed by atoms with Crippen LogP contribution in [0.15, 0.2) is 0 Å². The largest absolute Gasteiger partial charge is 0.481 e. The second kappa shape index (κ2) is 5.24. The predicted molar refractivity (Wildman–Crippen MR) is 55.3 cm³/mol. The Balaban J connectivity index is 2.28. The number of thioether (sulfide) groups is 1. The van der Waals surface area contributed by atoms with E-state index in [0.29, 0.717) is 0 Å². The number of carbonyl (C=O) groups excluding carboxylic acids is 1. The Labute approximate surface area is 87.4 Å². The summed E-state index contributed by atoms with van der Waals surface area (Å²) < 4.78 is 0.